The average molecular weight is 263 g/mol. The Balaban J connectivity index is 2.78. The Morgan fingerprint density at radius 2 is 2.16 bits per heavy atom. The van der Waals surface area contributed by atoms with Crippen LogP contribution < -0.4 is 10.1 Å². The van der Waals surface area contributed by atoms with Crippen molar-refractivity contribution in [2.45, 2.75) is 19.9 Å². The van der Waals surface area contributed by atoms with Gasteiger partial charge < -0.3 is 15.2 Å². The summed E-state index contributed by atoms with van der Waals surface area (Å²) in [6, 6.07) is 6.96. The van der Waals surface area contributed by atoms with Crippen LogP contribution in [0, 0.1) is 5.92 Å². The Morgan fingerprint density at radius 3 is 2.79 bits per heavy atom. The number of aliphatic hydroxyl groups excluding tert-OH is 1. The number of amides is 1. The Morgan fingerprint density at radius 1 is 1.47 bits per heavy atom. The van der Waals surface area contributed by atoms with Crippen molar-refractivity contribution in [3.63, 3.8) is 0 Å². The first-order chi connectivity index (χ1) is 9.10. The van der Waals surface area contributed by atoms with Crippen LogP contribution >= 0.6 is 0 Å². The average Bonchev–Trinajstić information content (AvgIpc) is 2.44. The number of carbonyl (C=O) groups is 1. The van der Waals surface area contributed by atoms with Crippen LogP contribution in [0.4, 0.5) is 0 Å². The molecular weight excluding hydrogens is 242 g/mol. The molecule has 19 heavy (non-hydrogen) atoms. The Hall–Kier alpha value is -1.81. The molecule has 104 valence electrons. The summed E-state index contributed by atoms with van der Waals surface area (Å²) in [6.45, 7) is 7.72. The third-order valence-corrected chi connectivity index (χ3v) is 2.99. The molecule has 1 rings (SSSR count). The fourth-order valence-corrected chi connectivity index (χ4v) is 1.51. The molecule has 2 unspecified atom stereocenters. The predicted octanol–water partition coefficient (Wildman–Crippen LogP) is 2.00. The zero-order chi connectivity index (χ0) is 14.3. The molecule has 0 aromatic heterocycles. The van der Waals surface area contributed by atoms with Crippen molar-refractivity contribution in [1.82, 2.24) is 5.32 Å². The summed E-state index contributed by atoms with van der Waals surface area (Å²) < 4.78 is 5.45. The van der Waals surface area contributed by atoms with E-state index >= 15 is 0 Å². The molecule has 0 bridgehead atoms. The van der Waals surface area contributed by atoms with E-state index in [2.05, 4.69) is 11.9 Å². The van der Waals surface area contributed by atoms with E-state index in [0.717, 1.165) is 0 Å². The zero-order valence-electron chi connectivity index (χ0n) is 11.4. The van der Waals surface area contributed by atoms with Crippen molar-refractivity contribution in [3.8, 4) is 5.75 Å². The quantitative estimate of drug-likeness (QED) is 0.740. The van der Waals surface area contributed by atoms with E-state index in [-0.39, 0.29) is 24.5 Å². The highest BCUT2D eigenvalue weighted by molar-refractivity contribution is 5.97. The fraction of sp³-hybridized carbons (Fsp3) is 0.400. The molecule has 4 nitrogen and oxygen atoms in total. The molecule has 1 aromatic rings. The van der Waals surface area contributed by atoms with Crippen molar-refractivity contribution in [2.75, 3.05) is 13.2 Å². The number of hydrogen-bond donors (Lipinski definition) is 2. The molecule has 2 N–H and O–H groups in total. The summed E-state index contributed by atoms with van der Waals surface area (Å²) in [5.41, 5.74) is 0.487. The summed E-state index contributed by atoms with van der Waals surface area (Å²) in [4.78, 5) is 12.2. The molecule has 0 saturated heterocycles. The molecular formula is C15H21NO3. The third-order valence-electron chi connectivity index (χ3n) is 2.99. The summed E-state index contributed by atoms with van der Waals surface area (Å²) >= 11 is 0. The van der Waals surface area contributed by atoms with Crippen molar-refractivity contribution >= 4 is 5.91 Å². The number of aliphatic hydroxyl groups is 1. The van der Waals surface area contributed by atoms with E-state index in [1.807, 2.05) is 19.9 Å². The molecule has 0 spiro atoms. The summed E-state index contributed by atoms with van der Waals surface area (Å²) in [5, 5.41) is 11.9. The molecule has 1 aromatic carbocycles. The van der Waals surface area contributed by atoms with Gasteiger partial charge >= 0.3 is 0 Å². The van der Waals surface area contributed by atoms with E-state index in [1.54, 1.807) is 24.3 Å². The Kier molecular flexibility index (Phi) is 6.09. The first kappa shape index (κ1) is 15.2. The summed E-state index contributed by atoms with van der Waals surface area (Å²) in [5.74, 6) is 0.335. The van der Waals surface area contributed by atoms with Gasteiger partial charge in [-0.25, -0.2) is 0 Å². The van der Waals surface area contributed by atoms with Gasteiger partial charge in [0.25, 0.3) is 5.91 Å². The molecule has 1 amide bonds. The first-order valence-corrected chi connectivity index (χ1v) is 6.34. The molecule has 0 aliphatic rings. The van der Waals surface area contributed by atoms with Gasteiger partial charge in [0.2, 0.25) is 0 Å². The van der Waals surface area contributed by atoms with Crippen molar-refractivity contribution in [2.24, 2.45) is 5.92 Å². The second-order valence-electron chi connectivity index (χ2n) is 4.52. The second kappa shape index (κ2) is 7.59. The number of ether oxygens (including phenoxy) is 1. The van der Waals surface area contributed by atoms with Crippen molar-refractivity contribution in [1.29, 1.82) is 0 Å². The van der Waals surface area contributed by atoms with Gasteiger partial charge in [0.05, 0.1) is 5.56 Å². The molecule has 0 saturated carbocycles. The van der Waals surface area contributed by atoms with E-state index in [1.165, 1.54) is 0 Å². The van der Waals surface area contributed by atoms with Crippen molar-refractivity contribution < 1.29 is 14.6 Å². The first-order valence-electron chi connectivity index (χ1n) is 6.34. The van der Waals surface area contributed by atoms with Gasteiger partial charge in [-0.05, 0) is 25.0 Å². The number of rotatable bonds is 7. The van der Waals surface area contributed by atoms with E-state index in [4.69, 9.17) is 9.84 Å². The lowest BCUT2D eigenvalue weighted by Crippen LogP contribution is -2.38. The third kappa shape index (κ3) is 4.41. The zero-order valence-corrected chi connectivity index (χ0v) is 11.4. The lowest BCUT2D eigenvalue weighted by Gasteiger charge is -2.20. The number of hydrogen-bond acceptors (Lipinski definition) is 3. The minimum atomic E-state index is -0.201. The van der Waals surface area contributed by atoms with Gasteiger partial charge in [-0.1, -0.05) is 31.7 Å². The number of para-hydroxylation sites is 1. The molecule has 0 aliphatic carbocycles. The van der Waals surface area contributed by atoms with E-state index in [9.17, 15) is 4.79 Å². The highest BCUT2D eigenvalue weighted by atomic mass is 16.5. The maximum atomic E-state index is 12.2. The Labute approximate surface area is 114 Å². The monoisotopic (exact) mass is 263 g/mol. The minimum Gasteiger partial charge on any atom is -0.489 e. The standard InChI is InChI=1S/C15H21NO3/c1-4-9-19-14-8-6-5-7-13(14)15(18)16-12(3)11(2)10-17/h4-8,11-12,17H,1,9-10H2,2-3H3,(H,16,18). The maximum Gasteiger partial charge on any atom is 0.255 e. The largest absolute Gasteiger partial charge is 0.489 e. The van der Waals surface area contributed by atoms with Gasteiger partial charge in [0.15, 0.2) is 0 Å². The van der Waals surface area contributed by atoms with Crippen LogP contribution in [0.5, 0.6) is 5.75 Å². The fourth-order valence-electron chi connectivity index (χ4n) is 1.51. The maximum absolute atomic E-state index is 12.2. The highest BCUT2D eigenvalue weighted by Crippen LogP contribution is 2.18. The van der Waals surface area contributed by atoms with Crippen molar-refractivity contribution in [3.05, 3.63) is 42.5 Å². The highest BCUT2D eigenvalue weighted by Gasteiger charge is 2.17. The van der Waals surface area contributed by atoms with Crippen LogP contribution in [0.3, 0.4) is 0 Å². The molecule has 0 aliphatic heterocycles. The Bertz CT molecular complexity index is 431. The van der Waals surface area contributed by atoms with Crippen LogP contribution in [0.25, 0.3) is 0 Å². The number of nitrogens with one attached hydrogen (secondary N) is 1. The molecule has 0 fully saturated rings. The summed E-state index contributed by atoms with van der Waals surface area (Å²) in [6.07, 6.45) is 1.63. The topological polar surface area (TPSA) is 58.6 Å². The van der Waals surface area contributed by atoms with Gasteiger partial charge in [-0.3, -0.25) is 4.79 Å². The van der Waals surface area contributed by atoms with Crippen LogP contribution in [0.2, 0.25) is 0 Å². The molecule has 0 heterocycles. The van der Waals surface area contributed by atoms with Gasteiger partial charge in [-0.15, -0.1) is 0 Å². The van der Waals surface area contributed by atoms with Crippen LogP contribution in [-0.2, 0) is 0 Å². The van der Waals surface area contributed by atoms with Crippen LogP contribution in [-0.4, -0.2) is 30.3 Å². The normalized spacial score (nSPS) is 13.4. The van der Waals surface area contributed by atoms with Gasteiger partial charge in [-0.2, -0.15) is 0 Å². The minimum absolute atomic E-state index is 0.00482. The number of carbonyl (C=O) groups excluding carboxylic acids is 1. The van der Waals surface area contributed by atoms with E-state index < -0.39 is 0 Å². The number of benzene rings is 1. The van der Waals surface area contributed by atoms with Crippen LogP contribution in [0.1, 0.15) is 24.2 Å². The van der Waals surface area contributed by atoms with E-state index in [0.29, 0.717) is 17.9 Å². The SMILES string of the molecule is C=CCOc1ccccc1C(=O)NC(C)C(C)CO. The lowest BCUT2D eigenvalue weighted by atomic mass is 10.0. The predicted molar refractivity (Wildman–Crippen MR) is 75.3 cm³/mol. The second-order valence-corrected chi connectivity index (χ2v) is 4.52. The summed E-state index contributed by atoms with van der Waals surface area (Å²) in [7, 11) is 0. The molecule has 0 radical (unpaired) electrons. The lowest BCUT2D eigenvalue weighted by molar-refractivity contribution is 0.0913. The van der Waals surface area contributed by atoms with Gasteiger partial charge in [0, 0.05) is 12.6 Å². The molecule has 4 heteroatoms. The smallest absolute Gasteiger partial charge is 0.255 e. The van der Waals surface area contributed by atoms with Gasteiger partial charge in [0.1, 0.15) is 12.4 Å². The van der Waals surface area contributed by atoms with Crippen LogP contribution in [0.15, 0.2) is 36.9 Å². The molecule has 2 atom stereocenters.